The zero-order valence-corrected chi connectivity index (χ0v) is 17.2. The average Bonchev–Trinajstić information content (AvgIpc) is 2.78. The molecule has 3 aromatic rings. The summed E-state index contributed by atoms with van der Waals surface area (Å²) < 4.78 is 13.8. The van der Waals surface area contributed by atoms with Crippen molar-refractivity contribution in [1.29, 1.82) is 5.41 Å². The smallest absolute Gasteiger partial charge is 0.123 e. The van der Waals surface area contributed by atoms with E-state index in [9.17, 15) is 4.39 Å². The minimum absolute atomic E-state index is 0.157. The van der Waals surface area contributed by atoms with Crippen LogP contribution in [0.4, 0.5) is 10.1 Å². The van der Waals surface area contributed by atoms with Gasteiger partial charge in [0.05, 0.1) is 5.52 Å². The lowest BCUT2D eigenvalue weighted by Gasteiger charge is -2.33. The Morgan fingerprint density at radius 1 is 1.13 bits per heavy atom. The van der Waals surface area contributed by atoms with E-state index in [1.54, 1.807) is 12.1 Å². The Bertz CT molecular complexity index is 1090. The third-order valence-electron chi connectivity index (χ3n) is 6.44. The van der Waals surface area contributed by atoms with Crippen molar-refractivity contribution < 1.29 is 4.39 Å². The molecule has 0 bridgehead atoms. The van der Waals surface area contributed by atoms with Crippen LogP contribution in [0.3, 0.4) is 0 Å². The molecule has 0 spiro atoms. The summed E-state index contributed by atoms with van der Waals surface area (Å²) in [7, 11) is 0. The number of hydrogen-bond donors (Lipinski definition) is 2. The zero-order chi connectivity index (χ0) is 21.1. The average molecular weight is 400 g/mol. The fourth-order valence-electron chi connectivity index (χ4n) is 4.58. The lowest BCUT2D eigenvalue weighted by molar-refractivity contribution is 0.287. The number of halogens is 1. The van der Waals surface area contributed by atoms with Gasteiger partial charge in [-0.3, -0.25) is 10.4 Å². The Morgan fingerprint density at radius 2 is 1.87 bits per heavy atom. The molecule has 4 rings (SSSR count). The SMILES string of the molecule is C#Cc1ccc(NC(=N)C(C)C2CCC(c3ccnc4ccc(F)cc34)CC2)cc1. The highest BCUT2D eigenvalue weighted by Gasteiger charge is 2.29. The van der Waals surface area contributed by atoms with Crippen LogP contribution in [0.1, 0.15) is 49.7 Å². The number of nitrogens with zero attached hydrogens (tertiary/aromatic N) is 1. The van der Waals surface area contributed by atoms with Crippen molar-refractivity contribution in [3.63, 3.8) is 0 Å². The summed E-state index contributed by atoms with van der Waals surface area (Å²) in [5.74, 6) is 3.98. The normalized spacial score (nSPS) is 19.8. The van der Waals surface area contributed by atoms with Crippen LogP contribution in [-0.4, -0.2) is 10.8 Å². The maximum Gasteiger partial charge on any atom is 0.123 e. The molecule has 2 N–H and O–H groups in total. The van der Waals surface area contributed by atoms with E-state index in [2.05, 4.69) is 23.1 Å². The van der Waals surface area contributed by atoms with Gasteiger partial charge in [-0.1, -0.05) is 12.8 Å². The number of pyridine rings is 1. The molecule has 0 radical (unpaired) electrons. The van der Waals surface area contributed by atoms with E-state index in [0.29, 0.717) is 17.7 Å². The van der Waals surface area contributed by atoms with Crippen LogP contribution < -0.4 is 5.32 Å². The molecule has 1 atom stereocenters. The van der Waals surface area contributed by atoms with Gasteiger partial charge in [0.15, 0.2) is 0 Å². The van der Waals surface area contributed by atoms with E-state index >= 15 is 0 Å². The molecule has 1 unspecified atom stereocenters. The third-order valence-corrected chi connectivity index (χ3v) is 6.44. The molecule has 0 saturated heterocycles. The Hall–Kier alpha value is -3.19. The minimum Gasteiger partial charge on any atom is -0.344 e. The fraction of sp³-hybridized carbons (Fsp3) is 0.308. The first kappa shape index (κ1) is 20.1. The van der Waals surface area contributed by atoms with Crippen molar-refractivity contribution in [3.8, 4) is 12.3 Å². The Morgan fingerprint density at radius 3 is 2.57 bits per heavy atom. The fourth-order valence-corrected chi connectivity index (χ4v) is 4.58. The number of rotatable bonds is 4. The van der Waals surface area contributed by atoms with Gasteiger partial charge in [0.25, 0.3) is 0 Å². The molecule has 1 aliphatic carbocycles. The predicted octanol–water partition coefficient (Wildman–Crippen LogP) is 6.35. The Labute approximate surface area is 177 Å². The lowest BCUT2D eigenvalue weighted by Crippen LogP contribution is -2.29. The maximum absolute atomic E-state index is 13.8. The first-order valence-corrected chi connectivity index (χ1v) is 10.5. The number of fused-ring (bicyclic) bond motifs is 1. The highest BCUT2D eigenvalue weighted by atomic mass is 19.1. The second kappa shape index (κ2) is 8.67. The van der Waals surface area contributed by atoms with E-state index in [4.69, 9.17) is 11.8 Å². The molecular weight excluding hydrogens is 373 g/mol. The van der Waals surface area contributed by atoms with Crippen molar-refractivity contribution in [2.75, 3.05) is 5.32 Å². The molecule has 1 aromatic heterocycles. The Balaban J connectivity index is 1.40. The highest BCUT2D eigenvalue weighted by molar-refractivity contribution is 5.94. The van der Waals surface area contributed by atoms with Crippen LogP contribution in [0, 0.1) is 35.4 Å². The van der Waals surface area contributed by atoms with Crippen LogP contribution >= 0.6 is 0 Å². The molecule has 1 saturated carbocycles. The number of terminal acetylenes is 1. The van der Waals surface area contributed by atoms with Crippen LogP contribution in [-0.2, 0) is 0 Å². The van der Waals surface area contributed by atoms with Crippen molar-refractivity contribution >= 4 is 22.4 Å². The first-order chi connectivity index (χ1) is 14.5. The minimum atomic E-state index is -0.214. The molecule has 1 heterocycles. The van der Waals surface area contributed by atoms with Gasteiger partial charge in [0.1, 0.15) is 11.7 Å². The molecule has 30 heavy (non-hydrogen) atoms. The highest BCUT2D eigenvalue weighted by Crippen LogP contribution is 2.41. The second-order valence-electron chi connectivity index (χ2n) is 8.22. The van der Waals surface area contributed by atoms with E-state index in [0.717, 1.165) is 47.8 Å². The maximum atomic E-state index is 13.8. The van der Waals surface area contributed by atoms with E-state index < -0.39 is 0 Å². The molecular formula is C26H26FN3. The molecule has 1 aliphatic rings. The summed E-state index contributed by atoms with van der Waals surface area (Å²) in [6.45, 7) is 2.13. The summed E-state index contributed by atoms with van der Waals surface area (Å²) in [4.78, 5) is 4.38. The summed E-state index contributed by atoms with van der Waals surface area (Å²) in [6, 6.07) is 14.5. The van der Waals surface area contributed by atoms with E-state index in [1.165, 1.54) is 11.6 Å². The number of hydrogen-bond acceptors (Lipinski definition) is 2. The number of aromatic nitrogens is 1. The van der Waals surface area contributed by atoms with E-state index in [-0.39, 0.29) is 11.7 Å². The first-order valence-electron chi connectivity index (χ1n) is 10.5. The van der Waals surface area contributed by atoms with Gasteiger partial charge >= 0.3 is 0 Å². The van der Waals surface area contributed by atoms with Crippen LogP contribution in [0.15, 0.2) is 54.7 Å². The van der Waals surface area contributed by atoms with Gasteiger partial charge in [0, 0.05) is 28.8 Å². The standard InChI is InChI=1S/C26H26FN3/c1-3-18-4-11-22(12-5-18)30-26(28)17(2)19-6-8-20(9-7-19)23-14-15-29-25-13-10-21(27)16-24(23)25/h1,4-5,10-17,19-20H,6-9H2,2H3,(H2,28,30). The number of benzene rings is 2. The van der Waals surface area contributed by atoms with Crippen LogP contribution in [0.5, 0.6) is 0 Å². The molecule has 1 fully saturated rings. The van der Waals surface area contributed by atoms with Crippen LogP contribution in [0.25, 0.3) is 10.9 Å². The van der Waals surface area contributed by atoms with Gasteiger partial charge < -0.3 is 5.32 Å². The number of anilines is 1. The number of nitrogens with one attached hydrogen (secondary N) is 2. The second-order valence-corrected chi connectivity index (χ2v) is 8.22. The molecule has 3 nitrogen and oxygen atoms in total. The topological polar surface area (TPSA) is 48.8 Å². The third kappa shape index (κ3) is 4.21. The molecule has 152 valence electrons. The lowest BCUT2D eigenvalue weighted by atomic mass is 9.73. The molecule has 0 amide bonds. The molecule has 2 aromatic carbocycles. The summed E-state index contributed by atoms with van der Waals surface area (Å²) in [5.41, 5.74) is 3.78. The van der Waals surface area contributed by atoms with Crippen molar-refractivity contribution in [3.05, 3.63) is 71.7 Å². The van der Waals surface area contributed by atoms with Gasteiger partial charge in [0.2, 0.25) is 0 Å². The van der Waals surface area contributed by atoms with Crippen molar-refractivity contribution in [2.45, 2.75) is 38.5 Å². The van der Waals surface area contributed by atoms with Crippen molar-refractivity contribution in [2.24, 2.45) is 11.8 Å². The zero-order valence-electron chi connectivity index (χ0n) is 17.2. The van der Waals surface area contributed by atoms with Gasteiger partial charge in [-0.25, -0.2) is 4.39 Å². The quantitative estimate of drug-likeness (QED) is 0.305. The van der Waals surface area contributed by atoms with Crippen molar-refractivity contribution in [1.82, 2.24) is 4.98 Å². The van der Waals surface area contributed by atoms with Gasteiger partial charge in [-0.15, -0.1) is 6.42 Å². The van der Waals surface area contributed by atoms with Gasteiger partial charge in [-0.05, 0) is 91.6 Å². The summed E-state index contributed by atoms with van der Waals surface area (Å²) in [6.07, 6.45) is 11.5. The Kier molecular flexibility index (Phi) is 5.81. The number of amidine groups is 1. The van der Waals surface area contributed by atoms with E-state index in [1.807, 2.05) is 36.5 Å². The monoisotopic (exact) mass is 399 g/mol. The predicted molar refractivity (Wildman–Crippen MR) is 121 cm³/mol. The molecule has 0 aliphatic heterocycles. The summed E-state index contributed by atoms with van der Waals surface area (Å²) >= 11 is 0. The molecule has 4 heteroatoms. The largest absolute Gasteiger partial charge is 0.344 e. The summed E-state index contributed by atoms with van der Waals surface area (Å²) in [5, 5.41) is 12.7. The van der Waals surface area contributed by atoms with Gasteiger partial charge in [-0.2, -0.15) is 0 Å². The van der Waals surface area contributed by atoms with Crippen LogP contribution in [0.2, 0.25) is 0 Å².